The van der Waals surface area contributed by atoms with Gasteiger partial charge in [0.1, 0.15) is 0 Å². The summed E-state index contributed by atoms with van der Waals surface area (Å²) in [6, 6.07) is 0. The lowest BCUT2D eigenvalue weighted by molar-refractivity contribution is -0.133. The fourth-order valence-electron chi connectivity index (χ4n) is 7.21. The molecule has 120 valence electrons. The molecule has 2 heteroatoms. The molecule has 21 heavy (non-hydrogen) atoms. The molecule has 0 radical (unpaired) electrons. The Bertz CT molecular complexity index is 422. The quantitative estimate of drug-likeness (QED) is 0.714. The molecule has 0 aromatic heterocycles. The predicted octanol–water partition coefficient (Wildman–Crippen LogP) is 3.75. The molecule has 4 rings (SSSR count). The molecule has 4 fully saturated rings. The van der Waals surface area contributed by atoms with Crippen LogP contribution < -0.4 is 0 Å². The largest absolute Gasteiger partial charge is 0.393 e. The second-order valence-electron chi connectivity index (χ2n) is 9.22. The van der Waals surface area contributed by atoms with E-state index in [2.05, 4.69) is 13.8 Å². The average Bonchev–Trinajstić information content (AvgIpc) is 2.76. The molecule has 0 amide bonds. The summed E-state index contributed by atoms with van der Waals surface area (Å²) in [5.74, 6) is 3.21. The molecule has 0 bridgehead atoms. The highest BCUT2D eigenvalue weighted by Crippen LogP contribution is 2.66. The Morgan fingerprint density at radius 1 is 0.762 bits per heavy atom. The van der Waals surface area contributed by atoms with Crippen LogP contribution in [-0.4, -0.2) is 22.4 Å². The minimum atomic E-state index is -0.0536. The molecule has 8 atom stereocenters. The van der Waals surface area contributed by atoms with Crippen molar-refractivity contribution in [3.8, 4) is 0 Å². The Balaban J connectivity index is 1.62. The summed E-state index contributed by atoms with van der Waals surface area (Å²) in [4.78, 5) is 0. The molecule has 0 spiro atoms. The molecule has 0 heterocycles. The van der Waals surface area contributed by atoms with Gasteiger partial charge in [-0.3, -0.25) is 0 Å². The second-order valence-corrected chi connectivity index (χ2v) is 9.22. The zero-order chi connectivity index (χ0) is 14.8. The van der Waals surface area contributed by atoms with Gasteiger partial charge in [0, 0.05) is 0 Å². The fourth-order valence-corrected chi connectivity index (χ4v) is 7.21. The average molecular weight is 292 g/mol. The van der Waals surface area contributed by atoms with Crippen molar-refractivity contribution in [3.63, 3.8) is 0 Å². The van der Waals surface area contributed by atoms with E-state index in [9.17, 15) is 10.2 Å². The summed E-state index contributed by atoms with van der Waals surface area (Å²) < 4.78 is 0. The van der Waals surface area contributed by atoms with E-state index in [-0.39, 0.29) is 17.6 Å². The Morgan fingerprint density at radius 2 is 1.48 bits per heavy atom. The van der Waals surface area contributed by atoms with Gasteiger partial charge < -0.3 is 10.2 Å². The van der Waals surface area contributed by atoms with Crippen LogP contribution in [0.5, 0.6) is 0 Å². The lowest BCUT2D eigenvalue weighted by atomic mass is 9.45. The van der Waals surface area contributed by atoms with Gasteiger partial charge in [0.15, 0.2) is 0 Å². The lowest BCUT2D eigenvalue weighted by Gasteiger charge is -2.60. The molecular weight excluding hydrogens is 260 g/mol. The fraction of sp³-hybridized carbons (Fsp3) is 1.00. The zero-order valence-electron chi connectivity index (χ0n) is 13.7. The molecule has 4 aliphatic carbocycles. The summed E-state index contributed by atoms with van der Waals surface area (Å²) in [6.45, 7) is 4.90. The van der Waals surface area contributed by atoms with Crippen molar-refractivity contribution >= 4 is 0 Å². The van der Waals surface area contributed by atoms with Crippen molar-refractivity contribution in [1.82, 2.24) is 0 Å². The number of hydrogen-bond acceptors (Lipinski definition) is 2. The monoisotopic (exact) mass is 292 g/mol. The van der Waals surface area contributed by atoms with Crippen LogP contribution in [0.3, 0.4) is 0 Å². The third kappa shape index (κ3) is 1.91. The van der Waals surface area contributed by atoms with E-state index >= 15 is 0 Å². The Morgan fingerprint density at radius 3 is 2.29 bits per heavy atom. The van der Waals surface area contributed by atoms with Crippen molar-refractivity contribution in [2.75, 3.05) is 0 Å². The highest BCUT2D eigenvalue weighted by molar-refractivity contribution is 5.09. The molecule has 0 aliphatic heterocycles. The van der Waals surface area contributed by atoms with Gasteiger partial charge in [0.25, 0.3) is 0 Å². The molecule has 2 unspecified atom stereocenters. The SMILES string of the molecule is C[C@]12CCC3C(CC[C@H]4C[C@@H](O)CC[C@]34C)[C@H]1CC[C@H]2O. The topological polar surface area (TPSA) is 40.5 Å². The van der Waals surface area contributed by atoms with Crippen molar-refractivity contribution in [2.45, 2.75) is 83.8 Å². The number of aliphatic hydroxyl groups excluding tert-OH is 2. The Hall–Kier alpha value is -0.0800. The van der Waals surface area contributed by atoms with Crippen molar-refractivity contribution < 1.29 is 10.2 Å². The first-order valence-electron chi connectivity index (χ1n) is 9.31. The van der Waals surface area contributed by atoms with E-state index in [0.717, 1.165) is 42.9 Å². The van der Waals surface area contributed by atoms with Crippen LogP contribution in [0, 0.1) is 34.5 Å². The smallest absolute Gasteiger partial charge is 0.0596 e. The maximum absolute atomic E-state index is 10.5. The molecule has 0 aromatic rings. The standard InChI is InChI=1S/C19H32O2/c1-18-9-7-13(20)11-12(18)3-4-14-15-5-6-17(21)19(15,2)10-8-16(14)18/h12-17,20-21H,3-11H2,1-2H3/t12-,13-,14?,15+,16?,17+,18-,19-/m0/s1. The maximum Gasteiger partial charge on any atom is 0.0596 e. The number of rotatable bonds is 0. The van der Waals surface area contributed by atoms with Gasteiger partial charge in [-0.15, -0.1) is 0 Å². The van der Waals surface area contributed by atoms with Gasteiger partial charge in [-0.1, -0.05) is 13.8 Å². The minimum Gasteiger partial charge on any atom is -0.393 e. The van der Waals surface area contributed by atoms with Gasteiger partial charge in [0.2, 0.25) is 0 Å². The zero-order valence-corrected chi connectivity index (χ0v) is 13.7. The highest BCUT2D eigenvalue weighted by Gasteiger charge is 2.59. The summed E-state index contributed by atoms with van der Waals surface area (Å²) in [5, 5.41) is 20.5. The van der Waals surface area contributed by atoms with Crippen LogP contribution in [0.15, 0.2) is 0 Å². The van der Waals surface area contributed by atoms with E-state index in [0.29, 0.717) is 5.41 Å². The van der Waals surface area contributed by atoms with Crippen molar-refractivity contribution in [3.05, 3.63) is 0 Å². The molecular formula is C19H32O2. The Labute approximate surface area is 129 Å². The van der Waals surface area contributed by atoms with E-state index in [1.54, 1.807) is 0 Å². The van der Waals surface area contributed by atoms with Gasteiger partial charge >= 0.3 is 0 Å². The molecule has 0 saturated heterocycles. The molecule has 4 saturated carbocycles. The normalized spacial score (nSPS) is 60.0. The van der Waals surface area contributed by atoms with Crippen LogP contribution in [0.4, 0.5) is 0 Å². The summed E-state index contributed by atoms with van der Waals surface area (Å²) in [6.07, 6.45) is 10.7. The first-order valence-corrected chi connectivity index (χ1v) is 9.31. The molecule has 4 aliphatic rings. The van der Waals surface area contributed by atoms with Crippen LogP contribution >= 0.6 is 0 Å². The van der Waals surface area contributed by atoms with Crippen LogP contribution in [0.2, 0.25) is 0 Å². The van der Waals surface area contributed by atoms with Gasteiger partial charge in [-0.2, -0.15) is 0 Å². The van der Waals surface area contributed by atoms with Crippen LogP contribution in [0.1, 0.15) is 71.6 Å². The second kappa shape index (κ2) is 4.71. The van der Waals surface area contributed by atoms with E-state index in [4.69, 9.17) is 0 Å². The molecule has 2 N–H and O–H groups in total. The molecule has 2 nitrogen and oxygen atoms in total. The van der Waals surface area contributed by atoms with E-state index in [1.165, 1.54) is 38.5 Å². The van der Waals surface area contributed by atoms with Crippen molar-refractivity contribution in [1.29, 1.82) is 0 Å². The maximum atomic E-state index is 10.5. The van der Waals surface area contributed by atoms with E-state index < -0.39 is 0 Å². The highest BCUT2D eigenvalue weighted by atomic mass is 16.3. The lowest BCUT2D eigenvalue weighted by Crippen LogP contribution is -2.54. The summed E-state index contributed by atoms with van der Waals surface area (Å²) in [7, 11) is 0. The van der Waals surface area contributed by atoms with Crippen LogP contribution in [0.25, 0.3) is 0 Å². The number of fused-ring (bicyclic) bond motifs is 5. The van der Waals surface area contributed by atoms with Gasteiger partial charge in [-0.25, -0.2) is 0 Å². The third-order valence-corrected chi connectivity index (χ3v) is 8.59. The number of aliphatic hydroxyl groups is 2. The summed E-state index contributed by atoms with van der Waals surface area (Å²) >= 11 is 0. The van der Waals surface area contributed by atoms with Crippen LogP contribution in [-0.2, 0) is 0 Å². The first-order chi connectivity index (χ1) is 9.95. The van der Waals surface area contributed by atoms with Gasteiger partial charge in [0.05, 0.1) is 12.2 Å². The molecule has 0 aromatic carbocycles. The van der Waals surface area contributed by atoms with Gasteiger partial charge in [-0.05, 0) is 92.3 Å². The van der Waals surface area contributed by atoms with E-state index in [1.807, 2.05) is 0 Å². The predicted molar refractivity (Wildman–Crippen MR) is 83.7 cm³/mol. The third-order valence-electron chi connectivity index (χ3n) is 8.59. The minimum absolute atomic E-state index is 0.0400. The Kier molecular flexibility index (Phi) is 3.25. The first kappa shape index (κ1) is 14.5. The summed E-state index contributed by atoms with van der Waals surface area (Å²) in [5.41, 5.74) is 0.676. The van der Waals surface area contributed by atoms with Crippen molar-refractivity contribution in [2.24, 2.45) is 34.5 Å². The number of hydrogen-bond donors (Lipinski definition) is 2.